The number of carbonyl (C=O) groups is 1. The third-order valence-corrected chi connectivity index (χ3v) is 2.80. The highest BCUT2D eigenvalue weighted by Gasteiger charge is 2.08. The Hall–Kier alpha value is -0.910. The molecule has 0 saturated carbocycles. The molecule has 1 aromatic carbocycles. The molecule has 0 aliphatic carbocycles. The van der Waals surface area contributed by atoms with Crippen molar-refractivity contribution in [2.24, 2.45) is 5.73 Å². The van der Waals surface area contributed by atoms with Crippen molar-refractivity contribution in [2.45, 2.75) is 13.0 Å². The van der Waals surface area contributed by atoms with Crippen LogP contribution in [0, 0.1) is 0 Å². The first-order valence-electron chi connectivity index (χ1n) is 4.95. The molecule has 0 atom stereocenters. The van der Waals surface area contributed by atoms with Crippen LogP contribution in [0.3, 0.4) is 0 Å². The number of ether oxygens (including phenoxy) is 1. The number of hydrogen-bond acceptors (Lipinski definition) is 3. The van der Waals surface area contributed by atoms with Gasteiger partial charge in [-0.3, -0.25) is 4.79 Å². The highest BCUT2D eigenvalue weighted by molar-refractivity contribution is 9.10. The first-order valence-corrected chi connectivity index (χ1v) is 5.74. The molecule has 5 heteroatoms. The van der Waals surface area contributed by atoms with Gasteiger partial charge >= 0.3 is 0 Å². The van der Waals surface area contributed by atoms with E-state index in [9.17, 15) is 4.79 Å². The van der Waals surface area contributed by atoms with E-state index < -0.39 is 0 Å². The van der Waals surface area contributed by atoms with Crippen LogP contribution in [-0.4, -0.2) is 19.6 Å². The summed E-state index contributed by atoms with van der Waals surface area (Å²) in [4.78, 5) is 11.4. The molecule has 0 aliphatic rings. The van der Waals surface area contributed by atoms with Gasteiger partial charge in [0.15, 0.2) is 0 Å². The van der Waals surface area contributed by atoms with Crippen molar-refractivity contribution < 1.29 is 9.53 Å². The highest BCUT2D eigenvalue weighted by Crippen LogP contribution is 2.25. The maximum Gasteiger partial charge on any atom is 0.225 e. The number of carbonyl (C=O) groups excluding carboxylic acids is 1. The summed E-state index contributed by atoms with van der Waals surface area (Å²) in [5, 5.41) is 2.81. The fraction of sp³-hybridized carbons (Fsp3) is 0.364. The molecule has 0 spiro atoms. The molecule has 1 amide bonds. The highest BCUT2D eigenvalue weighted by atomic mass is 79.9. The largest absolute Gasteiger partial charge is 0.380 e. The molecule has 0 heterocycles. The summed E-state index contributed by atoms with van der Waals surface area (Å²) >= 11 is 3.42. The van der Waals surface area contributed by atoms with Crippen LogP contribution < -0.4 is 11.1 Å². The van der Waals surface area contributed by atoms with E-state index in [0.29, 0.717) is 19.6 Å². The minimum absolute atomic E-state index is 0.0852. The minimum Gasteiger partial charge on any atom is -0.380 e. The molecular formula is C11H15BrN2O2. The Kier molecular flexibility index (Phi) is 5.45. The molecule has 0 bridgehead atoms. The first kappa shape index (κ1) is 13.2. The number of nitrogens with two attached hydrogens (primary N) is 1. The average Bonchev–Trinajstić information content (AvgIpc) is 2.23. The van der Waals surface area contributed by atoms with E-state index in [1.807, 2.05) is 18.2 Å². The molecule has 0 aromatic heterocycles. The maximum atomic E-state index is 11.4. The molecular weight excluding hydrogens is 272 g/mol. The predicted molar refractivity (Wildman–Crippen MR) is 67.2 cm³/mol. The third-order valence-electron chi connectivity index (χ3n) is 2.05. The molecule has 1 rings (SSSR count). The van der Waals surface area contributed by atoms with Crippen LogP contribution in [0.5, 0.6) is 0 Å². The topological polar surface area (TPSA) is 64.3 Å². The van der Waals surface area contributed by atoms with Gasteiger partial charge in [-0.1, -0.05) is 22.0 Å². The van der Waals surface area contributed by atoms with Crippen molar-refractivity contribution in [1.29, 1.82) is 0 Å². The van der Waals surface area contributed by atoms with Crippen LogP contribution in [0.2, 0.25) is 0 Å². The van der Waals surface area contributed by atoms with Gasteiger partial charge < -0.3 is 15.8 Å². The third kappa shape index (κ3) is 3.59. The number of methoxy groups -OCH3 is 1. The van der Waals surface area contributed by atoms with Crippen molar-refractivity contribution in [3.63, 3.8) is 0 Å². The van der Waals surface area contributed by atoms with Crippen LogP contribution in [-0.2, 0) is 16.1 Å². The van der Waals surface area contributed by atoms with E-state index >= 15 is 0 Å². The van der Waals surface area contributed by atoms with Crippen molar-refractivity contribution in [3.05, 3.63) is 28.2 Å². The van der Waals surface area contributed by atoms with Crippen molar-refractivity contribution in [1.82, 2.24) is 0 Å². The average molecular weight is 287 g/mol. The van der Waals surface area contributed by atoms with Gasteiger partial charge in [0.2, 0.25) is 5.91 Å². The van der Waals surface area contributed by atoms with E-state index in [1.54, 1.807) is 7.11 Å². The summed E-state index contributed by atoms with van der Waals surface area (Å²) < 4.78 is 6.00. The predicted octanol–water partition coefficient (Wildman–Crippen LogP) is 1.88. The molecule has 0 unspecified atom stereocenters. The maximum absolute atomic E-state index is 11.4. The standard InChI is InChI=1S/C11H15BrN2O2/c1-16-7-8-9(12)3-2-4-10(8)14-11(15)5-6-13/h2-4H,5-7,13H2,1H3,(H,14,15). The lowest BCUT2D eigenvalue weighted by molar-refractivity contribution is -0.116. The summed E-state index contributed by atoms with van der Waals surface area (Å²) in [6.07, 6.45) is 0.318. The van der Waals surface area contributed by atoms with Crippen molar-refractivity contribution in [2.75, 3.05) is 19.0 Å². The minimum atomic E-state index is -0.0852. The zero-order chi connectivity index (χ0) is 12.0. The first-order chi connectivity index (χ1) is 7.69. The monoisotopic (exact) mass is 286 g/mol. The lowest BCUT2D eigenvalue weighted by Gasteiger charge is -2.11. The van der Waals surface area contributed by atoms with E-state index in [0.717, 1.165) is 15.7 Å². The van der Waals surface area contributed by atoms with Crippen LogP contribution >= 0.6 is 15.9 Å². The van der Waals surface area contributed by atoms with Crippen LogP contribution in [0.1, 0.15) is 12.0 Å². The fourth-order valence-corrected chi connectivity index (χ4v) is 1.79. The fourth-order valence-electron chi connectivity index (χ4n) is 1.31. The second-order valence-corrected chi connectivity index (χ2v) is 4.14. The lowest BCUT2D eigenvalue weighted by Crippen LogP contribution is -2.17. The van der Waals surface area contributed by atoms with Gasteiger partial charge in [0.1, 0.15) is 0 Å². The summed E-state index contributed by atoms with van der Waals surface area (Å²) in [6, 6.07) is 5.61. The van der Waals surface area contributed by atoms with Gasteiger partial charge in [0, 0.05) is 35.8 Å². The second-order valence-electron chi connectivity index (χ2n) is 3.29. The molecule has 16 heavy (non-hydrogen) atoms. The molecule has 0 saturated heterocycles. The van der Waals surface area contributed by atoms with Gasteiger partial charge in [0.05, 0.1) is 6.61 Å². The summed E-state index contributed by atoms with van der Waals surface area (Å²) in [6.45, 7) is 0.791. The molecule has 1 aromatic rings. The van der Waals surface area contributed by atoms with Crippen molar-refractivity contribution >= 4 is 27.5 Å². The van der Waals surface area contributed by atoms with Crippen LogP contribution in [0.4, 0.5) is 5.69 Å². The van der Waals surface area contributed by atoms with Gasteiger partial charge in [-0.25, -0.2) is 0 Å². The Morgan fingerprint density at radius 3 is 2.94 bits per heavy atom. The summed E-state index contributed by atoms with van der Waals surface area (Å²) in [7, 11) is 1.62. The van der Waals surface area contributed by atoms with Gasteiger partial charge in [-0.2, -0.15) is 0 Å². The molecule has 0 fully saturated rings. The molecule has 0 radical (unpaired) electrons. The Morgan fingerprint density at radius 1 is 1.56 bits per heavy atom. The zero-order valence-electron chi connectivity index (χ0n) is 9.13. The summed E-state index contributed by atoms with van der Waals surface area (Å²) in [5.74, 6) is -0.0852. The Morgan fingerprint density at radius 2 is 2.31 bits per heavy atom. The van der Waals surface area contributed by atoms with Crippen molar-refractivity contribution in [3.8, 4) is 0 Å². The number of amides is 1. The Balaban J connectivity index is 2.85. The van der Waals surface area contributed by atoms with Crippen LogP contribution in [0.15, 0.2) is 22.7 Å². The number of halogens is 1. The number of nitrogens with one attached hydrogen (secondary N) is 1. The van der Waals surface area contributed by atoms with Gasteiger partial charge in [-0.15, -0.1) is 0 Å². The van der Waals surface area contributed by atoms with E-state index in [1.165, 1.54) is 0 Å². The van der Waals surface area contributed by atoms with E-state index in [2.05, 4.69) is 21.2 Å². The number of anilines is 1. The van der Waals surface area contributed by atoms with Crippen LogP contribution in [0.25, 0.3) is 0 Å². The smallest absolute Gasteiger partial charge is 0.225 e. The number of rotatable bonds is 5. The van der Waals surface area contributed by atoms with E-state index in [-0.39, 0.29) is 5.91 Å². The lowest BCUT2D eigenvalue weighted by atomic mass is 10.2. The zero-order valence-corrected chi connectivity index (χ0v) is 10.7. The van der Waals surface area contributed by atoms with Gasteiger partial charge in [0.25, 0.3) is 0 Å². The molecule has 88 valence electrons. The molecule has 4 nitrogen and oxygen atoms in total. The number of benzene rings is 1. The Labute approximate surface area is 103 Å². The quantitative estimate of drug-likeness (QED) is 0.869. The Bertz CT molecular complexity index is 369. The SMILES string of the molecule is COCc1c(Br)cccc1NC(=O)CCN. The van der Waals surface area contributed by atoms with E-state index in [4.69, 9.17) is 10.5 Å². The normalized spacial score (nSPS) is 10.2. The van der Waals surface area contributed by atoms with Gasteiger partial charge in [-0.05, 0) is 12.1 Å². The summed E-state index contributed by atoms with van der Waals surface area (Å²) in [5.41, 5.74) is 7.00. The second kappa shape index (κ2) is 6.62. The molecule has 3 N–H and O–H groups in total. The molecule has 0 aliphatic heterocycles. The number of hydrogen-bond donors (Lipinski definition) is 2.